The van der Waals surface area contributed by atoms with Crippen LogP contribution in [-0.2, 0) is 17.4 Å². The van der Waals surface area contributed by atoms with Crippen molar-refractivity contribution in [2.75, 3.05) is 38.3 Å². The van der Waals surface area contributed by atoms with Crippen LogP contribution in [0.25, 0.3) is 22.5 Å². The molecule has 5 aromatic rings. The number of ketones is 1. The summed E-state index contributed by atoms with van der Waals surface area (Å²) in [7, 11) is 5.41. The van der Waals surface area contributed by atoms with Gasteiger partial charge >= 0.3 is 11.9 Å². The highest BCUT2D eigenvalue weighted by atomic mass is 19.4. The third-order valence-corrected chi connectivity index (χ3v) is 7.12. The van der Waals surface area contributed by atoms with Crippen molar-refractivity contribution in [2.24, 2.45) is 0 Å². The number of anilines is 2. The van der Waals surface area contributed by atoms with Gasteiger partial charge in [0.15, 0.2) is 17.2 Å². The number of alkyl halides is 3. The minimum absolute atomic E-state index is 0.0210. The number of Topliss-reactive ketones (excluding diaryl/α,β-unsaturated/α-hetero) is 1. The molecule has 0 fully saturated rings. The van der Waals surface area contributed by atoms with Gasteiger partial charge in [0.2, 0.25) is 5.91 Å². The topological polar surface area (TPSA) is 132 Å². The molecule has 1 amide bonds. The predicted molar refractivity (Wildman–Crippen MR) is 167 cm³/mol. The summed E-state index contributed by atoms with van der Waals surface area (Å²) in [6.45, 7) is 0.595. The maximum absolute atomic E-state index is 14.0. The first-order chi connectivity index (χ1) is 21.8. The van der Waals surface area contributed by atoms with E-state index in [4.69, 9.17) is 5.73 Å². The summed E-state index contributed by atoms with van der Waals surface area (Å²) in [4.78, 5) is 55.3. The lowest BCUT2D eigenvalue weighted by Gasteiger charge is -2.16. The molecule has 0 aliphatic heterocycles. The molecule has 0 aliphatic rings. The largest absolute Gasteiger partial charge is 0.416 e. The number of hydrogen-bond acceptors (Lipinski definition) is 8. The Labute approximate surface area is 261 Å². The molecule has 0 unspecified atom stereocenters. The monoisotopic (exact) mass is 630 g/mol. The summed E-state index contributed by atoms with van der Waals surface area (Å²) >= 11 is 0. The summed E-state index contributed by atoms with van der Waals surface area (Å²) in [5.41, 5.74) is 6.71. The Hall–Kier alpha value is -5.63. The number of pyridine rings is 1. The maximum Gasteiger partial charge on any atom is 0.416 e. The molecule has 0 saturated heterocycles. The number of fused-ring (bicyclic) bond motifs is 1. The second-order valence-corrected chi connectivity index (χ2v) is 10.6. The van der Waals surface area contributed by atoms with E-state index in [1.54, 1.807) is 37.4 Å². The molecule has 2 aromatic carbocycles. The van der Waals surface area contributed by atoms with Crippen LogP contribution in [0.15, 0.2) is 90.1 Å². The van der Waals surface area contributed by atoms with Crippen molar-refractivity contribution in [3.8, 4) is 11.4 Å². The summed E-state index contributed by atoms with van der Waals surface area (Å²) in [5.74, 6) is -0.673. The van der Waals surface area contributed by atoms with Gasteiger partial charge in [-0.3, -0.25) is 19.1 Å². The molecule has 11 nitrogen and oxygen atoms in total. The van der Waals surface area contributed by atoms with Crippen LogP contribution in [0, 0.1) is 0 Å². The Kier molecular flexibility index (Phi) is 8.82. The molecule has 236 valence electrons. The fourth-order valence-corrected chi connectivity index (χ4v) is 4.78. The van der Waals surface area contributed by atoms with E-state index in [-0.39, 0.29) is 40.6 Å². The van der Waals surface area contributed by atoms with Crippen molar-refractivity contribution >= 4 is 34.4 Å². The molecule has 0 radical (unpaired) electrons. The van der Waals surface area contributed by atoms with Gasteiger partial charge in [0.25, 0.3) is 0 Å². The number of amides is 1. The third-order valence-electron chi connectivity index (χ3n) is 7.12. The van der Waals surface area contributed by atoms with E-state index >= 15 is 0 Å². The van der Waals surface area contributed by atoms with E-state index in [2.05, 4.69) is 15.0 Å². The first-order valence-corrected chi connectivity index (χ1v) is 13.9. The van der Waals surface area contributed by atoms with Crippen molar-refractivity contribution < 1.29 is 22.8 Å². The van der Waals surface area contributed by atoms with E-state index in [0.29, 0.717) is 23.6 Å². The summed E-state index contributed by atoms with van der Waals surface area (Å²) < 4.78 is 41.9. The number of carbonyl (C=O) groups excluding carboxylic acids is 2. The van der Waals surface area contributed by atoms with Gasteiger partial charge < -0.3 is 15.5 Å². The zero-order chi connectivity index (χ0) is 33.2. The molecule has 0 atom stereocenters. The Balaban J connectivity index is 1.48. The first kappa shape index (κ1) is 31.8. The van der Waals surface area contributed by atoms with Crippen LogP contribution >= 0.6 is 0 Å². The van der Waals surface area contributed by atoms with Crippen LogP contribution < -0.4 is 16.3 Å². The van der Waals surface area contributed by atoms with Gasteiger partial charge in [-0.25, -0.2) is 19.3 Å². The molecule has 3 heterocycles. The summed E-state index contributed by atoms with van der Waals surface area (Å²) in [5, 5.41) is 0. The second-order valence-electron chi connectivity index (χ2n) is 10.6. The molecule has 0 aliphatic carbocycles. The fourth-order valence-electron chi connectivity index (χ4n) is 4.78. The number of imidazole rings is 1. The van der Waals surface area contributed by atoms with Crippen LogP contribution in [0.2, 0.25) is 0 Å². The molecular formula is C32H29F3N8O3. The van der Waals surface area contributed by atoms with Crippen LogP contribution in [0.1, 0.15) is 21.6 Å². The molecule has 5 rings (SSSR count). The SMILES string of the molecule is CN(C)C/C=C/C(=O)N(C)c1cccc(-n2c(=O)n(-c3ccc(C(=O)Cc4cc(C(F)(F)F)ccn4)cc3)c3c(N)ncnc32)c1. The van der Waals surface area contributed by atoms with Gasteiger partial charge in [-0.2, -0.15) is 13.2 Å². The Morgan fingerprint density at radius 3 is 2.37 bits per heavy atom. The van der Waals surface area contributed by atoms with Crippen LogP contribution in [-0.4, -0.2) is 68.4 Å². The standard InChI is InChI=1S/C32H29F3N8O3/c1-40(2)15-5-8-27(45)41(3)24-6-4-7-25(18-24)43-30-28(29(36)38-19-39-30)42(31(43)46)23-11-9-20(10-12-23)26(44)17-22-16-21(13-14-37-22)32(33,34)35/h4-14,16,18-19H,15,17H2,1-3H3,(H2,36,38,39)/b8-5+. The maximum atomic E-state index is 14.0. The minimum Gasteiger partial charge on any atom is -0.382 e. The van der Waals surface area contributed by atoms with Gasteiger partial charge in [-0.15, -0.1) is 0 Å². The smallest absolute Gasteiger partial charge is 0.382 e. The molecule has 3 aromatic heterocycles. The van der Waals surface area contributed by atoms with E-state index < -0.39 is 23.2 Å². The van der Waals surface area contributed by atoms with Crippen molar-refractivity contribution in [3.05, 3.63) is 113 Å². The van der Waals surface area contributed by atoms with Crippen LogP contribution in [0.5, 0.6) is 0 Å². The Morgan fingerprint density at radius 1 is 0.935 bits per heavy atom. The molecule has 14 heteroatoms. The van der Waals surface area contributed by atoms with Crippen molar-refractivity contribution in [1.29, 1.82) is 0 Å². The molecule has 0 spiro atoms. The predicted octanol–water partition coefficient (Wildman–Crippen LogP) is 4.07. The third kappa shape index (κ3) is 6.56. The molecule has 0 saturated carbocycles. The van der Waals surface area contributed by atoms with Gasteiger partial charge in [-0.1, -0.05) is 12.1 Å². The number of likely N-dealkylation sites (N-methyl/N-ethyl adjacent to an activating group) is 2. The van der Waals surface area contributed by atoms with Crippen molar-refractivity contribution in [1.82, 2.24) is 29.0 Å². The van der Waals surface area contributed by atoms with Crippen LogP contribution in [0.4, 0.5) is 24.7 Å². The minimum atomic E-state index is -4.56. The quantitative estimate of drug-likeness (QED) is 0.191. The van der Waals surface area contributed by atoms with E-state index in [9.17, 15) is 27.6 Å². The number of benzene rings is 2. The first-order valence-electron chi connectivity index (χ1n) is 13.9. The normalized spacial score (nSPS) is 11.9. The van der Waals surface area contributed by atoms with Crippen LogP contribution in [0.3, 0.4) is 0 Å². The second kappa shape index (κ2) is 12.8. The highest BCUT2D eigenvalue weighted by Gasteiger charge is 2.31. The van der Waals surface area contributed by atoms with Gasteiger partial charge in [0, 0.05) is 42.8 Å². The number of carbonyl (C=O) groups is 2. The number of aromatic nitrogens is 5. The summed E-state index contributed by atoms with van der Waals surface area (Å²) in [6.07, 6.45) is 0.569. The summed E-state index contributed by atoms with van der Waals surface area (Å²) in [6, 6.07) is 14.5. The highest BCUT2D eigenvalue weighted by molar-refractivity contribution is 6.01. The molecule has 0 bridgehead atoms. The Bertz CT molecular complexity index is 2010. The Morgan fingerprint density at radius 2 is 1.67 bits per heavy atom. The average molecular weight is 631 g/mol. The van der Waals surface area contributed by atoms with E-state index in [1.165, 1.54) is 50.7 Å². The van der Waals surface area contributed by atoms with E-state index in [1.807, 2.05) is 19.0 Å². The van der Waals surface area contributed by atoms with Crippen molar-refractivity contribution in [3.63, 3.8) is 0 Å². The highest BCUT2D eigenvalue weighted by Crippen LogP contribution is 2.29. The number of halogens is 3. The lowest BCUT2D eigenvalue weighted by molar-refractivity contribution is -0.137. The van der Waals surface area contributed by atoms with Gasteiger partial charge in [-0.05, 0) is 68.7 Å². The van der Waals surface area contributed by atoms with Gasteiger partial charge in [0.05, 0.1) is 23.4 Å². The average Bonchev–Trinajstić information content (AvgIpc) is 3.33. The zero-order valence-corrected chi connectivity index (χ0v) is 25.1. The molecular weight excluding hydrogens is 601 g/mol. The molecule has 2 N–H and O–H groups in total. The lowest BCUT2D eigenvalue weighted by atomic mass is 10.0. The number of nitrogen functional groups attached to an aromatic ring is 1. The number of rotatable bonds is 9. The van der Waals surface area contributed by atoms with E-state index in [0.717, 1.165) is 18.3 Å². The van der Waals surface area contributed by atoms with Crippen molar-refractivity contribution in [2.45, 2.75) is 12.6 Å². The number of nitrogens with two attached hydrogens (primary N) is 1. The number of nitrogens with zero attached hydrogens (tertiary/aromatic N) is 7. The molecule has 46 heavy (non-hydrogen) atoms. The fraction of sp³-hybridized carbons (Fsp3) is 0.188. The number of hydrogen-bond donors (Lipinski definition) is 1. The lowest BCUT2D eigenvalue weighted by Crippen LogP contribution is -2.25. The van der Waals surface area contributed by atoms with Gasteiger partial charge in [0.1, 0.15) is 11.8 Å². The zero-order valence-electron chi connectivity index (χ0n) is 25.1.